The van der Waals surface area contributed by atoms with Gasteiger partial charge in [-0.05, 0) is 5.56 Å². The summed E-state index contributed by atoms with van der Waals surface area (Å²) in [5, 5.41) is 8.67. The van der Waals surface area contributed by atoms with Crippen molar-refractivity contribution >= 4 is 5.97 Å². The van der Waals surface area contributed by atoms with Crippen molar-refractivity contribution < 1.29 is 23.4 Å². The normalized spacial score (nSPS) is 15.5. The highest BCUT2D eigenvalue weighted by atomic mass is 19.3. The van der Waals surface area contributed by atoms with E-state index >= 15 is 0 Å². The Morgan fingerprint density at radius 3 is 2.88 bits per heavy atom. The summed E-state index contributed by atoms with van der Waals surface area (Å²) in [6.45, 7) is 0.468. The van der Waals surface area contributed by atoms with E-state index in [0.717, 1.165) is 5.56 Å². The third-order valence-electron chi connectivity index (χ3n) is 2.84. The monoisotopic (exact) mass is 242 g/mol. The van der Waals surface area contributed by atoms with E-state index in [1.807, 2.05) is 6.07 Å². The van der Waals surface area contributed by atoms with Crippen LogP contribution >= 0.6 is 0 Å². The Hall–Kier alpha value is -1.65. The molecule has 0 saturated heterocycles. The number of rotatable bonds is 4. The Kier molecular flexibility index (Phi) is 3.26. The minimum atomic E-state index is -2.71. The van der Waals surface area contributed by atoms with Crippen LogP contribution in [0.5, 0.6) is 5.75 Å². The van der Waals surface area contributed by atoms with Gasteiger partial charge in [0.25, 0.3) is 0 Å². The molecule has 1 aromatic rings. The third-order valence-corrected chi connectivity index (χ3v) is 2.84. The number of halogens is 2. The summed E-state index contributed by atoms with van der Waals surface area (Å²) < 4.78 is 31.1. The molecule has 92 valence electrons. The molecule has 0 amide bonds. The van der Waals surface area contributed by atoms with Crippen LogP contribution in [0.4, 0.5) is 8.78 Å². The van der Waals surface area contributed by atoms with Gasteiger partial charge >= 0.3 is 5.97 Å². The number of fused-ring (bicyclic) bond motifs is 1. The first-order chi connectivity index (χ1) is 8.09. The van der Waals surface area contributed by atoms with Crippen LogP contribution in [0.2, 0.25) is 0 Å². The molecular formula is C12H12F2O3. The van der Waals surface area contributed by atoms with Crippen LogP contribution in [0.1, 0.15) is 23.5 Å². The molecule has 0 spiro atoms. The lowest BCUT2D eigenvalue weighted by atomic mass is 9.93. The van der Waals surface area contributed by atoms with E-state index in [-0.39, 0.29) is 0 Å². The van der Waals surface area contributed by atoms with Crippen molar-refractivity contribution in [2.75, 3.05) is 6.61 Å². The lowest BCUT2D eigenvalue weighted by molar-refractivity contribution is -0.138. The highest BCUT2D eigenvalue weighted by molar-refractivity contribution is 5.68. The standard InChI is InChI=1S/C12H12F2O3/c13-12(14)9(6-10(15)16)8-3-1-2-7-4-5-17-11(7)8/h1-3,9,12H,4-6H2,(H,15,16). The minimum absolute atomic E-state index is 0.303. The lowest BCUT2D eigenvalue weighted by Gasteiger charge is -2.17. The van der Waals surface area contributed by atoms with Crippen molar-refractivity contribution in [3.8, 4) is 5.75 Å². The van der Waals surface area contributed by atoms with E-state index in [2.05, 4.69) is 0 Å². The van der Waals surface area contributed by atoms with Crippen molar-refractivity contribution in [1.29, 1.82) is 0 Å². The first-order valence-electron chi connectivity index (χ1n) is 5.34. The molecule has 1 unspecified atom stereocenters. The number of benzene rings is 1. The number of alkyl halides is 2. The first kappa shape index (κ1) is 11.8. The van der Waals surface area contributed by atoms with Gasteiger partial charge in [0.15, 0.2) is 0 Å². The Balaban J connectivity index is 2.36. The summed E-state index contributed by atoms with van der Waals surface area (Å²) in [7, 11) is 0. The van der Waals surface area contributed by atoms with Crippen LogP contribution < -0.4 is 4.74 Å². The molecule has 0 saturated carbocycles. The second kappa shape index (κ2) is 4.69. The quantitative estimate of drug-likeness (QED) is 0.882. The van der Waals surface area contributed by atoms with Crippen molar-refractivity contribution in [3.05, 3.63) is 29.3 Å². The largest absolute Gasteiger partial charge is 0.493 e. The summed E-state index contributed by atoms with van der Waals surface area (Å²) in [4.78, 5) is 10.6. The van der Waals surface area contributed by atoms with Crippen LogP contribution in [0.15, 0.2) is 18.2 Å². The maximum absolute atomic E-state index is 12.9. The molecule has 1 aliphatic heterocycles. The molecule has 5 heteroatoms. The fraction of sp³-hybridized carbons (Fsp3) is 0.417. The number of hydrogen-bond acceptors (Lipinski definition) is 2. The first-order valence-corrected chi connectivity index (χ1v) is 5.34. The SMILES string of the molecule is O=C(O)CC(c1cccc2c1OCC2)C(F)F. The molecule has 17 heavy (non-hydrogen) atoms. The Bertz CT molecular complexity index is 432. The molecule has 0 radical (unpaired) electrons. The Labute approximate surface area is 97.0 Å². The highest BCUT2D eigenvalue weighted by Gasteiger charge is 2.30. The minimum Gasteiger partial charge on any atom is -0.493 e. The van der Waals surface area contributed by atoms with Crippen LogP contribution in [-0.2, 0) is 11.2 Å². The zero-order valence-corrected chi connectivity index (χ0v) is 9.03. The van der Waals surface area contributed by atoms with Crippen molar-refractivity contribution in [3.63, 3.8) is 0 Å². The summed E-state index contributed by atoms with van der Waals surface area (Å²) in [5.74, 6) is -2.09. The van der Waals surface area contributed by atoms with Gasteiger partial charge in [-0.1, -0.05) is 18.2 Å². The number of carboxylic acids is 1. The number of para-hydroxylation sites is 1. The maximum Gasteiger partial charge on any atom is 0.304 e. The molecule has 0 fully saturated rings. The molecule has 0 aliphatic carbocycles. The number of aliphatic carboxylic acids is 1. The average Bonchev–Trinajstić information content (AvgIpc) is 2.73. The summed E-state index contributed by atoms with van der Waals surface area (Å²) in [6.07, 6.45) is -2.61. The molecule has 1 aromatic carbocycles. The van der Waals surface area contributed by atoms with E-state index in [4.69, 9.17) is 9.84 Å². The number of carboxylic acid groups (broad SMARTS) is 1. The molecule has 1 N–H and O–H groups in total. The van der Waals surface area contributed by atoms with Gasteiger partial charge in [0.05, 0.1) is 18.9 Å². The second-order valence-corrected chi connectivity index (χ2v) is 3.97. The summed E-state index contributed by atoms with van der Waals surface area (Å²) >= 11 is 0. The predicted octanol–water partition coefficient (Wildman–Crippen LogP) is 2.44. The van der Waals surface area contributed by atoms with E-state index < -0.39 is 24.7 Å². The van der Waals surface area contributed by atoms with E-state index in [1.54, 1.807) is 6.07 Å². The van der Waals surface area contributed by atoms with Crippen LogP contribution in [-0.4, -0.2) is 24.1 Å². The van der Waals surface area contributed by atoms with Crippen LogP contribution in [0.25, 0.3) is 0 Å². The van der Waals surface area contributed by atoms with Crippen molar-refractivity contribution in [1.82, 2.24) is 0 Å². The van der Waals surface area contributed by atoms with E-state index in [1.165, 1.54) is 6.07 Å². The molecule has 1 aliphatic rings. The maximum atomic E-state index is 12.9. The molecule has 1 atom stereocenters. The predicted molar refractivity (Wildman–Crippen MR) is 56.6 cm³/mol. The number of hydrogen-bond donors (Lipinski definition) is 1. The molecular weight excluding hydrogens is 230 g/mol. The second-order valence-electron chi connectivity index (χ2n) is 3.97. The van der Waals surface area contributed by atoms with E-state index in [9.17, 15) is 13.6 Å². The van der Waals surface area contributed by atoms with Gasteiger partial charge in [-0.3, -0.25) is 4.79 Å². The van der Waals surface area contributed by atoms with Gasteiger partial charge < -0.3 is 9.84 Å². The Morgan fingerprint density at radius 2 is 2.24 bits per heavy atom. The summed E-state index contributed by atoms with van der Waals surface area (Å²) in [6, 6.07) is 5.00. The summed E-state index contributed by atoms with van der Waals surface area (Å²) in [5.41, 5.74) is 1.18. The van der Waals surface area contributed by atoms with Gasteiger partial charge in [-0.2, -0.15) is 0 Å². The van der Waals surface area contributed by atoms with Crippen LogP contribution in [0.3, 0.4) is 0 Å². The fourth-order valence-electron chi connectivity index (χ4n) is 2.06. The number of carbonyl (C=O) groups is 1. The molecule has 3 nitrogen and oxygen atoms in total. The number of ether oxygens (including phenoxy) is 1. The Morgan fingerprint density at radius 1 is 1.47 bits per heavy atom. The van der Waals surface area contributed by atoms with E-state index in [0.29, 0.717) is 24.3 Å². The van der Waals surface area contributed by atoms with Gasteiger partial charge in [-0.25, -0.2) is 8.78 Å². The lowest BCUT2D eigenvalue weighted by Crippen LogP contribution is -2.15. The fourth-order valence-corrected chi connectivity index (χ4v) is 2.06. The van der Waals surface area contributed by atoms with Crippen LogP contribution in [0, 0.1) is 0 Å². The molecule has 0 aromatic heterocycles. The zero-order chi connectivity index (χ0) is 12.4. The smallest absolute Gasteiger partial charge is 0.304 e. The van der Waals surface area contributed by atoms with Crippen molar-refractivity contribution in [2.24, 2.45) is 0 Å². The van der Waals surface area contributed by atoms with Gasteiger partial charge in [-0.15, -0.1) is 0 Å². The highest BCUT2D eigenvalue weighted by Crippen LogP contribution is 2.38. The molecule has 0 bridgehead atoms. The zero-order valence-electron chi connectivity index (χ0n) is 9.03. The molecule has 1 heterocycles. The van der Waals surface area contributed by atoms with Gasteiger partial charge in [0.2, 0.25) is 6.43 Å². The topological polar surface area (TPSA) is 46.5 Å². The van der Waals surface area contributed by atoms with Crippen molar-refractivity contribution in [2.45, 2.75) is 25.2 Å². The van der Waals surface area contributed by atoms with Gasteiger partial charge in [0.1, 0.15) is 5.75 Å². The average molecular weight is 242 g/mol. The van der Waals surface area contributed by atoms with Gasteiger partial charge in [0, 0.05) is 12.0 Å². The molecule has 2 rings (SSSR count). The third kappa shape index (κ3) is 2.38.